The molecule has 0 atom stereocenters. The summed E-state index contributed by atoms with van der Waals surface area (Å²) in [7, 11) is 1.54. The number of allylic oxidation sites excluding steroid dienone is 1. The van der Waals surface area contributed by atoms with Gasteiger partial charge in [-0.2, -0.15) is 0 Å². The molecule has 0 aliphatic carbocycles. The molecule has 1 heterocycles. The second kappa shape index (κ2) is 5.41. The van der Waals surface area contributed by atoms with Crippen LogP contribution in [0.25, 0.3) is 5.57 Å². The third-order valence-corrected chi connectivity index (χ3v) is 1.12. The third kappa shape index (κ3) is 2.78. The number of hydrogen-bond acceptors (Lipinski definition) is 3. The monoisotopic (exact) mass is 169 g/mol. The van der Waals surface area contributed by atoms with E-state index in [0.29, 0.717) is 11.6 Å². The van der Waals surface area contributed by atoms with Crippen LogP contribution in [-0.2, 0) is 0 Å². The summed E-state index contributed by atoms with van der Waals surface area (Å²) in [6.45, 7) is 9.53. The molecule has 0 saturated carbocycles. The van der Waals surface area contributed by atoms with Crippen molar-refractivity contribution in [2.45, 2.75) is 20.8 Å². The van der Waals surface area contributed by atoms with Crippen LogP contribution in [-0.4, -0.2) is 12.3 Å². The molecular formula is C9H15NO2. The number of ether oxygens (including phenoxy) is 1. The summed E-state index contributed by atoms with van der Waals surface area (Å²) in [5, 5.41) is 3.60. The highest BCUT2D eigenvalue weighted by atomic mass is 16.5. The largest absolute Gasteiger partial charge is 0.479 e. The van der Waals surface area contributed by atoms with E-state index >= 15 is 0 Å². The Morgan fingerprint density at radius 1 is 1.58 bits per heavy atom. The van der Waals surface area contributed by atoms with Gasteiger partial charge < -0.3 is 9.26 Å². The van der Waals surface area contributed by atoms with E-state index in [4.69, 9.17) is 9.26 Å². The molecule has 0 aromatic carbocycles. The Labute approximate surface area is 73.0 Å². The van der Waals surface area contributed by atoms with Gasteiger partial charge in [-0.05, 0) is 17.7 Å². The van der Waals surface area contributed by atoms with Crippen LogP contribution in [0, 0.1) is 0 Å². The molecule has 3 nitrogen and oxygen atoms in total. The second-order valence-electron chi connectivity index (χ2n) is 2.01. The lowest BCUT2D eigenvalue weighted by molar-refractivity contribution is 0.336. The number of hydrogen-bond donors (Lipinski definition) is 0. The minimum Gasteiger partial charge on any atom is -0.479 e. The van der Waals surface area contributed by atoms with E-state index in [1.54, 1.807) is 13.2 Å². The summed E-state index contributed by atoms with van der Waals surface area (Å²) >= 11 is 0. The number of rotatable bonds is 2. The van der Waals surface area contributed by atoms with Crippen LogP contribution in [0.3, 0.4) is 0 Å². The molecule has 68 valence electrons. The maximum absolute atomic E-state index is 4.84. The molecule has 0 aliphatic rings. The maximum atomic E-state index is 4.84. The first-order valence-corrected chi connectivity index (χ1v) is 3.90. The molecule has 0 unspecified atom stereocenters. The topological polar surface area (TPSA) is 35.3 Å². The van der Waals surface area contributed by atoms with Gasteiger partial charge in [-0.25, -0.2) is 0 Å². The van der Waals surface area contributed by atoms with Crippen molar-refractivity contribution in [2.24, 2.45) is 0 Å². The van der Waals surface area contributed by atoms with Crippen LogP contribution in [0.1, 0.15) is 26.5 Å². The standard InChI is InChI=1S/C7H9NO2.C2H6/c1-5(2)6-4-7(9-3)8-10-6;1-2/h4H,1H2,2-3H3;1-2H3. The summed E-state index contributed by atoms with van der Waals surface area (Å²) in [5.74, 6) is 1.15. The van der Waals surface area contributed by atoms with Gasteiger partial charge in [0.15, 0.2) is 5.76 Å². The third-order valence-electron chi connectivity index (χ3n) is 1.12. The molecule has 0 amide bonds. The van der Waals surface area contributed by atoms with Crippen LogP contribution in [0.4, 0.5) is 0 Å². The molecule has 12 heavy (non-hydrogen) atoms. The molecule has 1 aromatic heterocycles. The van der Waals surface area contributed by atoms with Crippen LogP contribution >= 0.6 is 0 Å². The van der Waals surface area contributed by atoms with E-state index in [-0.39, 0.29) is 0 Å². The first-order valence-electron chi connectivity index (χ1n) is 3.90. The zero-order valence-corrected chi connectivity index (χ0v) is 8.05. The van der Waals surface area contributed by atoms with Crippen molar-refractivity contribution in [3.05, 3.63) is 18.4 Å². The predicted molar refractivity (Wildman–Crippen MR) is 49.1 cm³/mol. The molecule has 0 saturated heterocycles. The lowest BCUT2D eigenvalue weighted by Gasteiger charge is -1.85. The van der Waals surface area contributed by atoms with Crippen molar-refractivity contribution in [3.63, 3.8) is 0 Å². The second-order valence-corrected chi connectivity index (χ2v) is 2.01. The average molecular weight is 169 g/mol. The van der Waals surface area contributed by atoms with Crippen molar-refractivity contribution in [1.82, 2.24) is 5.16 Å². The number of aromatic nitrogens is 1. The van der Waals surface area contributed by atoms with Crippen molar-refractivity contribution < 1.29 is 9.26 Å². The van der Waals surface area contributed by atoms with Gasteiger partial charge in [0.1, 0.15) is 0 Å². The van der Waals surface area contributed by atoms with Gasteiger partial charge in [-0.15, -0.1) is 0 Å². The summed E-state index contributed by atoms with van der Waals surface area (Å²) in [4.78, 5) is 0. The molecule has 0 aliphatic heterocycles. The van der Waals surface area contributed by atoms with Crippen molar-refractivity contribution >= 4 is 5.57 Å². The molecule has 0 spiro atoms. The van der Waals surface area contributed by atoms with Crippen molar-refractivity contribution in [2.75, 3.05) is 7.11 Å². The highest BCUT2D eigenvalue weighted by molar-refractivity contribution is 5.56. The van der Waals surface area contributed by atoms with E-state index < -0.39 is 0 Å². The summed E-state index contributed by atoms with van der Waals surface area (Å²) < 4.78 is 9.64. The Bertz CT molecular complexity index is 240. The Morgan fingerprint density at radius 3 is 2.42 bits per heavy atom. The Kier molecular flexibility index (Phi) is 4.84. The summed E-state index contributed by atoms with van der Waals surface area (Å²) in [6.07, 6.45) is 0. The fourth-order valence-electron chi connectivity index (χ4n) is 0.556. The minimum atomic E-state index is 0.484. The maximum Gasteiger partial charge on any atom is 0.254 e. The van der Waals surface area contributed by atoms with E-state index in [2.05, 4.69) is 11.7 Å². The Morgan fingerprint density at radius 2 is 2.17 bits per heavy atom. The highest BCUT2D eigenvalue weighted by Gasteiger charge is 2.02. The zero-order chi connectivity index (χ0) is 9.56. The van der Waals surface area contributed by atoms with E-state index in [1.807, 2.05) is 20.8 Å². The highest BCUT2D eigenvalue weighted by Crippen LogP contribution is 2.16. The van der Waals surface area contributed by atoms with E-state index in [9.17, 15) is 0 Å². The molecular weight excluding hydrogens is 154 g/mol. The smallest absolute Gasteiger partial charge is 0.254 e. The normalized spacial score (nSPS) is 8.33. The van der Waals surface area contributed by atoms with Gasteiger partial charge in [-0.1, -0.05) is 20.4 Å². The molecule has 1 rings (SSSR count). The average Bonchev–Trinajstić information content (AvgIpc) is 2.55. The molecule has 0 bridgehead atoms. The van der Waals surface area contributed by atoms with E-state index in [1.165, 1.54) is 0 Å². The molecule has 1 aromatic rings. The predicted octanol–water partition coefficient (Wildman–Crippen LogP) is 2.74. The van der Waals surface area contributed by atoms with Gasteiger partial charge in [0.2, 0.25) is 0 Å². The summed E-state index contributed by atoms with van der Waals surface area (Å²) in [6, 6.07) is 1.70. The molecule has 3 heteroatoms. The van der Waals surface area contributed by atoms with Crippen molar-refractivity contribution in [3.8, 4) is 5.88 Å². The summed E-state index contributed by atoms with van der Waals surface area (Å²) in [5.41, 5.74) is 0.843. The SMILES string of the molecule is C=C(C)c1cc(OC)no1.CC. The fourth-order valence-corrected chi connectivity index (χ4v) is 0.556. The lowest BCUT2D eigenvalue weighted by Crippen LogP contribution is -1.78. The first kappa shape index (κ1) is 10.8. The van der Waals surface area contributed by atoms with Gasteiger partial charge in [0, 0.05) is 6.07 Å². The van der Waals surface area contributed by atoms with Crippen LogP contribution in [0.15, 0.2) is 17.2 Å². The van der Waals surface area contributed by atoms with Gasteiger partial charge in [0.05, 0.1) is 7.11 Å². The van der Waals surface area contributed by atoms with Crippen LogP contribution in [0.5, 0.6) is 5.88 Å². The van der Waals surface area contributed by atoms with Gasteiger partial charge in [0.25, 0.3) is 5.88 Å². The number of nitrogens with zero attached hydrogens (tertiary/aromatic N) is 1. The van der Waals surface area contributed by atoms with Crippen LogP contribution in [0.2, 0.25) is 0 Å². The quantitative estimate of drug-likeness (QED) is 0.682. The van der Waals surface area contributed by atoms with Crippen molar-refractivity contribution in [1.29, 1.82) is 0 Å². The first-order chi connectivity index (χ1) is 5.74. The molecule has 0 fully saturated rings. The van der Waals surface area contributed by atoms with E-state index in [0.717, 1.165) is 5.57 Å². The molecule has 0 radical (unpaired) electrons. The molecule has 0 N–H and O–H groups in total. The zero-order valence-electron chi connectivity index (χ0n) is 8.05. The number of methoxy groups -OCH3 is 1. The minimum absolute atomic E-state index is 0.484. The Hall–Kier alpha value is -1.25. The fraction of sp³-hybridized carbons (Fsp3) is 0.444. The Balaban J connectivity index is 0.000000561. The van der Waals surface area contributed by atoms with Gasteiger partial charge >= 0.3 is 0 Å². The van der Waals surface area contributed by atoms with Crippen LogP contribution < -0.4 is 4.74 Å². The van der Waals surface area contributed by atoms with Gasteiger partial charge in [-0.3, -0.25) is 0 Å². The lowest BCUT2D eigenvalue weighted by atomic mass is 10.3.